The van der Waals surface area contributed by atoms with Crippen molar-refractivity contribution in [2.75, 3.05) is 0 Å². The quantitative estimate of drug-likeness (QED) is 0.699. The van der Waals surface area contributed by atoms with Crippen LogP contribution in [0.15, 0.2) is 18.5 Å². The lowest BCUT2D eigenvalue weighted by molar-refractivity contribution is 0.247. The molecule has 0 amide bonds. The van der Waals surface area contributed by atoms with Crippen molar-refractivity contribution in [2.45, 2.75) is 50.4 Å². The topological polar surface area (TPSA) is 25.8 Å². The van der Waals surface area contributed by atoms with Gasteiger partial charge in [0.15, 0.2) is 0 Å². The Morgan fingerprint density at radius 3 is 2.47 bits per heavy atom. The summed E-state index contributed by atoms with van der Waals surface area (Å²) in [6.07, 6.45) is 13.4. The highest BCUT2D eigenvalue weighted by Gasteiger charge is 2.40. The van der Waals surface area contributed by atoms with Crippen molar-refractivity contribution in [3.05, 3.63) is 24.3 Å². The molecule has 2 bridgehead atoms. The fourth-order valence-electron chi connectivity index (χ4n) is 3.41. The predicted octanol–water partition coefficient (Wildman–Crippen LogP) is 3.09. The number of fused-ring (bicyclic) bond motifs is 4. The van der Waals surface area contributed by atoms with Gasteiger partial charge in [-0.25, -0.2) is 9.97 Å². The lowest BCUT2D eigenvalue weighted by atomic mass is 9.71. The Morgan fingerprint density at radius 2 is 1.73 bits per heavy atom. The number of hydrogen-bond donors (Lipinski definition) is 0. The highest BCUT2D eigenvalue weighted by atomic mass is 14.9. The van der Waals surface area contributed by atoms with Gasteiger partial charge in [-0.2, -0.15) is 0 Å². The van der Waals surface area contributed by atoms with Gasteiger partial charge in [-0.3, -0.25) is 0 Å². The van der Waals surface area contributed by atoms with Gasteiger partial charge in [0.05, 0.1) is 0 Å². The zero-order valence-corrected chi connectivity index (χ0v) is 9.15. The third-order valence-corrected chi connectivity index (χ3v) is 4.37. The van der Waals surface area contributed by atoms with Gasteiger partial charge in [0.1, 0.15) is 5.82 Å². The summed E-state index contributed by atoms with van der Waals surface area (Å²) >= 11 is 0. The second kappa shape index (κ2) is 3.58. The molecule has 3 aliphatic rings. The fraction of sp³-hybridized carbons (Fsp3) is 0.692. The van der Waals surface area contributed by atoms with Crippen LogP contribution in [0.4, 0.5) is 0 Å². The standard InChI is InChI=1S/C13H18N2/c1-3-11-4-7-13(6-1,8-5-11)12-14-9-2-10-15-12/h2,9-11H,1,3-8H2. The van der Waals surface area contributed by atoms with E-state index in [1.807, 2.05) is 18.5 Å². The number of rotatable bonds is 1. The largest absolute Gasteiger partial charge is 0.241 e. The van der Waals surface area contributed by atoms with Crippen molar-refractivity contribution in [3.8, 4) is 0 Å². The third kappa shape index (κ3) is 1.56. The van der Waals surface area contributed by atoms with E-state index < -0.39 is 0 Å². The van der Waals surface area contributed by atoms with E-state index in [1.165, 1.54) is 44.9 Å². The number of nitrogens with zero attached hydrogens (tertiary/aromatic N) is 2. The zero-order valence-electron chi connectivity index (χ0n) is 9.15. The summed E-state index contributed by atoms with van der Waals surface area (Å²) in [5, 5.41) is 0. The Hall–Kier alpha value is -0.920. The Bertz CT molecular complexity index is 320. The van der Waals surface area contributed by atoms with E-state index >= 15 is 0 Å². The summed E-state index contributed by atoms with van der Waals surface area (Å²) in [7, 11) is 0. The van der Waals surface area contributed by atoms with Crippen LogP contribution >= 0.6 is 0 Å². The Kier molecular flexibility index (Phi) is 2.23. The number of aromatic nitrogens is 2. The molecule has 4 rings (SSSR count). The maximum atomic E-state index is 4.50. The van der Waals surface area contributed by atoms with Crippen molar-refractivity contribution >= 4 is 0 Å². The second-order valence-electron chi connectivity index (χ2n) is 5.19. The molecule has 0 saturated heterocycles. The van der Waals surface area contributed by atoms with Gasteiger partial charge < -0.3 is 0 Å². The fourth-order valence-corrected chi connectivity index (χ4v) is 3.41. The zero-order chi connectivity index (χ0) is 10.1. The molecular weight excluding hydrogens is 184 g/mol. The molecule has 0 spiro atoms. The lowest BCUT2D eigenvalue weighted by Crippen LogP contribution is -2.31. The van der Waals surface area contributed by atoms with E-state index in [0.717, 1.165) is 11.7 Å². The van der Waals surface area contributed by atoms with Crippen LogP contribution in [0, 0.1) is 5.92 Å². The summed E-state index contributed by atoms with van der Waals surface area (Å²) in [6, 6.07) is 1.92. The van der Waals surface area contributed by atoms with E-state index in [9.17, 15) is 0 Å². The van der Waals surface area contributed by atoms with Gasteiger partial charge in [0.25, 0.3) is 0 Å². The van der Waals surface area contributed by atoms with Gasteiger partial charge >= 0.3 is 0 Å². The molecular formula is C13H18N2. The van der Waals surface area contributed by atoms with E-state index in [0.29, 0.717) is 5.41 Å². The molecule has 3 fully saturated rings. The van der Waals surface area contributed by atoms with Crippen molar-refractivity contribution < 1.29 is 0 Å². The van der Waals surface area contributed by atoms with Gasteiger partial charge in [0, 0.05) is 17.8 Å². The average Bonchev–Trinajstić information content (AvgIpc) is 2.65. The summed E-state index contributed by atoms with van der Waals surface area (Å²) < 4.78 is 0. The monoisotopic (exact) mass is 202 g/mol. The van der Waals surface area contributed by atoms with Crippen molar-refractivity contribution in [3.63, 3.8) is 0 Å². The van der Waals surface area contributed by atoms with Crippen LogP contribution in [0.3, 0.4) is 0 Å². The van der Waals surface area contributed by atoms with Gasteiger partial charge in [-0.1, -0.05) is 12.8 Å². The molecule has 2 nitrogen and oxygen atoms in total. The third-order valence-electron chi connectivity index (χ3n) is 4.37. The van der Waals surface area contributed by atoms with Crippen LogP contribution < -0.4 is 0 Å². The highest BCUT2D eigenvalue weighted by molar-refractivity contribution is 5.11. The van der Waals surface area contributed by atoms with Crippen LogP contribution in [-0.2, 0) is 5.41 Å². The molecule has 1 aromatic rings. The summed E-state index contributed by atoms with van der Waals surface area (Å²) in [6.45, 7) is 0. The first kappa shape index (κ1) is 9.32. The van der Waals surface area contributed by atoms with Crippen LogP contribution in [0.25, 0.3) is 0 Å². The molecule has 0 N–H and O–H groups in total. The maximum absolute atomic E-state index is 4.50. The Labute approximate surface area is 91.1 Å². The minimum absolute atomic E-state index is 0.342. The molecule has 1 heterocycles. The second-order valence-corrected chi connectivity index (χ2v) is 5.19. The molecule has 2 heteroatoms. The maximum Gasteiger partial charge on any atom is 0.134 e. The van der Waals surface area contributed by atoms with Crippen LogP contribution in [0.5, 0.6) is 0 Å². The number of hydrogen-bond acceptors (Lipinski definition) is 2. The van der Waals surface area contributed by atoms with E-state index in [4.69, 9.17) is 0 Å². The molecule has 0 aromatic carbocycles. The van der Waals surface area contributed by atoms with Crippen LogP contribution in [-0.4, -0.2) is 9.97 Å². The summed E-state index contributed by atoms with van der Waals surface area (Å²) in [5.41, 5.74) is 0.342. The average molecular weight is 202 g/mol. The molecule has 0 unspecified atom stereocenters. The van der Waals surface area contributed by atoms with Crippen molar-refractivity contribution in [2.24, 2.45) is 5.92 Å². The predicted molar refractivity (Wildman–Crippen MR) is 59.5 cm³/mol. The highest BCUT2D eigenvalue weighted by Crippen LogP contribution is 2.48. The first-order valence-corrected chi connectivity index (χ1v) is 6.17. The molecule has 3 aliphatic carbocycles. The summed E-state index contributed by atoms with van der Waals surface area (Å²) in [4.78, 5) is 9.00. The molecule has 3 saturated carbocycles. The minimum Gasteiger partial charge on any atom is -0.241 e. The van der Waals surface area contributed by atoms with Crippen molar-refractivity contribution in [1.82, 2.24) is 9.97 Å². The Balaban J connectivity index is 1.95. The van der Waals surface area contributed by atoms with E-state index in [1.54, 1.807) is 0 Å². The van der Waals surface area contributed by atoms with Crippen molar-refractivity contribution in [1.29, 1.82) is 0 Å². The normalized spacial score (nSPS) is 35.1. The molecule has 1 aromatic heterocycles. The van der Waals surface area contributed by atoms with Crippen LogP contribution in [0.1, 0.15) is 50.8 Å². The molecule has 15 heavy (non-hydrogen) atoms. The smallest absolute Gasteiger partial charge is 0.134 e. The Morgan fingerprint density at radius 1 is 1.00 bits per heavy atom. The first-order valence-electron chi connectivity index (χ1n) is 6.17. The van der Waals surface area contributed by atoms with Crippen LogP contribution in [0.2, 0.25) is 0 Å². The van der Waals surface area contributed by atoms with E-state index in [2.05, 4.69) is 9.97 Å². The molecule has 0 aliphatic heterocycles. The van der Waals surface area contributed by atoms with E-state index in [-0.39, 0.29) is 0 Å². The SMILES string of the molecule is c1cnc(C23CCCC(CC2)CC3)nc1. The minimum atomic E-state index is 0.342. The van der Waals surface area contributed by atoms with Gasteiger partial charge in [-0.15, -0.1) is 0 Å². The molecule has 0 atom stereocenters. The molecule has 0 radical (unpaired) electrons. The first-order chi connectivity index (χ1) is 7.39. The molecule has 80 valence electrons. The lowest BCUT2D eigenvalue weighted by Gasteiger charge is -2.35. The summed E-state index contributed by atoms with van der Waals surface area (Å²) in [5.74, 6) is 2.12. The van der Waals surface area contributed by atoms with Gasteiger partial charge in [-0.05, 0) is 44.1 Å². The van der Waals surface area contributed by atoms with Gasteiger partial charge in [0.2, 0.25) is 0 Å².